The summed E-state index contributed by atoms with van der Waals surface area (Å²) in [5.41, 5.74) is 0.672. The van der Waals surface area contributed by atoms with Crippen LogP contribution in [0.2, 0.25) is 0 Å². The summed E-state index contributed by atoms with van der Waals surface area (Å²) in [7, 11) is 0. The highest BCUT2D eigenvalue weighted by Gasteiger charge is 2.17. The van der Waals surface area contributed by atoms with E-state index in [0.29, 0.717) is 17.3 Å². The number of urea groups is 1. The van der Waals surface area contributed by atoms with Gasteiger partial charge in [-0.15, -0.1) is 10.2 Å². The van der Waals surface area contributed by atoms with Crippen molar-refractivity contribution in [3.63, 3.8) is 0 Å². The largest absolute Gasteiger partial charge is 0.457 e. The molecule has 1 unspecified atom stereocenters. The van der Waals surface area contributed by atoms with Gasteiger partial charge in [-0.1, -0.05) is 18.2 Å². The summed E-state index contributed by atoms with van der Waals surface area (Å²) in [6, 6.07) is 16.4. The van der Waals surface area contributed by atoms with Crippen LogP contribution in [0.15, 0.2) is 60.9 Å². The number of nitrogens with zero attached hydrogens (tertiary/aromatic N) is 3. The lowest BCUT2D eigenvalue weighted by molar-refractivity contribution is 0.248. The highest BCUT2D eigenvalue weighted by Crippen LogP contribution is 2.22. The number of carbonyl (C=O) groups is 1. The highest BCUT2D eigenvalue weighted by molar-refractivity contribution is 5.89. The fourth-order valence-electron chi connectivity index (χ4n) is 2.62. The molecule has 2 amide bonds. The van der Waals surface area contributed by atoms with Gasteiger partial charge >= 0.3 is 6.03 Å². The number of para-hydroxylation sites is 1. The Balaban J connectivity index is 1.57. The maximum absolute atomic E-state index is 12.3. The zero-order valence-electron chi connectivity index (χ0n) is 15.6. The zero-order chi connectivity index (χ0) is 19.2. The number of ether oxygens (including phenoxy) is 1. The van der Waals surface area contributed by atoms with Crippen molar-refractivity contribution in [1.82, 2.24) is 20.1 Å². The molecule has 2 aromatic carbocycles. The number of nitrogens with one attached hydrogen (secondary N) is 2. The van der Waals surface area contributed by atoms with Crippen molar-refractivity contribution >= 4 is 11.7 Å². The minimum absolute atomic E-state index is 0.222. The van der Waals surface area contributed by atoms with Crippen molar-refractivity contribution < 1.29 is 9.53 Å². The quantitative estimate of drug-likeness (QED) is 0.672. The van der Waals surface area contributed by atoms with Gasteiger partial charge in [0, 0.05) is 11.7 Å². The van der Waals surface area contributed by atoms with Crippen LogP contribution >= 0.6 is 0 Å². The third-order valence-electron chi connectivity index (χ3n) is 3.98. The monoisotopic (exact) mass is 365 g/mol. The predicted molar refractivity (Wildman–Crippen MR) is 104 cm³/mol. The second-order valence-corrected chi connectivity index (χ2v) is 6.45. The van der Waals surface area contributed by atoms with Crippen LogP contribution in [0.4, 0.5) is 10.5 Å². The summed E-state index contributed by atoms with van der Waals surface area (Å²) in [6.45, 7) is 5.96. The smallest absolute Gasteiger partial charge is 0.319 e. The van der Waals surface area contributed by atoms with E-state index in [-0.39, 0.29) is 18.1 Å². The van der Waals surface area contributed by atoms with Gasteiger partial charge in [-0.2, -0.15) is 0 Å². The summed E-state index contributed by atoms with van der Waals surface area (Å²) in [4.78, 5) is 12.3. The lowest BCUT2D eigenvalue weighted by Crippen LogP contribution is -2.32. The molecule has 0 aliphatic rings. The zero-order valence-corrected chi connectivity index (χ0v) is 15.6. The van der Waals surface area contributed by atoms with Crippen LogP contribution in [0.25, 0.3) is 0 Å². The third kappa shape index (κ3) is 4.84. The Morgan fingerprint density at radius 3 is 2.33 bits per heavy atom. The van der Waals surface area contributed by atoms with Gasteiger partial charge in [-0.3, -0.25) is 0 Å². The molecule has 7 heteroatoms. The maximum atomic E-state index is 12.3. The Kier molecular flexibility index (Phi) is 5.71. The van der Waals surface area contributed by atoms with Crippen LogP contribution in [-0.4, -0.2) is 20.8 Å². The minimum atomic E-state index is -0.308. The van der Waals surface area contributed by atoms with Gasteiger partial charge in [0.25, 0.3) is 0 Å². The summed E-state index contributed by atoms with van der Waals surface area (Å²) in [5, 5.41) is 13.7. The fourth-order valence-corrected chi connectivity index (χ4v) is 2.62. The molecular weight excluding hydrogens is 342 g/mol. The van der Waals surface area contributed by atoms with E-state index in [2.05, 4.69) is 20.8 Å². The number of hydrogen-bond donors (Lipinski definition) is 2. The third-order valence-corrected chi connectivity index (χ3v) is 3.98. The molecule has 3 rings (SSSR count). The van der Waals surface area contributed by atoms with E-state index in [4.69, 9.17) is 4.74 Å². The van der Waals surface area contributed by atoms with Crippen molar-refractivity contribution in [2.45, 2.75) is 32.9 Å². The average molecular weight is 365 g/mol. The first kappa shape index (κ1) is 18.4. The summed E-state index contributed by atoms with van der Waals surface area (Å²) < 4.78 is 7.67. The first-order chi connectivity index (χ1) is 13.0. The van der Waals surface area contributed by atoms with E-state index in [9.17, 15) is 4.79 Å². The van der Waals surface area contributed by atoms with Gasteiger partial charge in [0.2, 0.25) is 0 Å². The molecule has 0 radical (unpaired) electrons. The van der Waals surface area contributed by atoms with Crippen molar-refractivity contribution in [1.29, 1.82) is 0 Å². The Labute approximate surface area is 158 Å². The van der Waals surface area contributed by atoms with Gasteiger partial charge in [0.1, 0.15) is 17.8 Å². The number of carbonyl (C=O) groups excluding carboxylic acids is 1. The molecule has 0 saturated heterocycles. The standard InChI is InChI=1S/C20H23N5O2/c1-14(2)25-13-21-24-19(25)15(3)22-20(26)23-16-9-11-18(12-10-16)27-17-7-5-4-6-8-17/h4-15H,1-3H3,(H2,22,23,26). The number of rotatable bonds is 6. The van der Waals surface area contributed by atoms with E-state index in [1.165, 1.54) is 0 Å². The van der Waals surface area contributed by atoms with E-state index >= 15 is 0 Å². The Hall–Kier alpha value is -3.35. The molecule has 140 valence electrons. The Morgan fingerprint density at radius 1 is 1.00 bits per heavy atom. The second-order valence-electron chi connectivity index (χ2n) is 6.45. The van der Waals surface area contributed by atoms with Gasteiger partial charge in [-0.25, -0.2) is 4.79 Å². The van der Waals surface area contributed by atoms with Crippen LogP contribution in [0.1, 0.15) is 38.7 Å². The summed E-state index contributed by atoms with van der Waals surface area (Å²) in [6.07, 6.45) is 1.67. The second kappa shape index (κ2) is 8.35. The summed E-state index contributed by atoms with van der Waals surface area (Å²) >= 11 is 0. The number of aromatic nitrogens is 3. The van der Waals surface area contributed by atoms with Crippen LogP contribution in [0.3, 0.4) is 0 Å². The SMILES string of the molecule is CC(NC(=O)Nc1ccc(Oc2ccccc2)cc1)c1nncn1C(C)C. The van der Waals surface area contributed by atoms with E-state index in [1.807, 2.05) is 55.7 Å². The molecule has 1 heterocycles. The molecule has 27 heavy (non-hydrogen) atoms. The topological polar surface area (TPSA) is 81.1 Å². The highest BCUT2D eigenvalue weighted by atomic mass is 16.5. The van der Waals surface area contributed by atoms with Crippen molar-refractivity contribution in [3.8, 4) is 11.5 Å². The number of anilines is 1. The molecule has 2 N–H and O–H groups in total. The van der Waals surface area contributed by atoms with Crippen molar-refractivity contribution in [2.75, 3.05) is 5.32 Å². The number of hydrogen-bond acceptors (Lipinski definition) is 4. The van der Waals surface area contributed by atoms with Crippen molar-refractivity contribution in [3.05, 3.63) is 66.7 Å². The van der Waals surface area contributed by atoms with Crippen LogP contribution in [-0.2, 0) is 0 Å². The van der Waals surface area contributed by atoms with E-state index in [0.717, 1.165) is 5.75 Å². The van der Waals surface area contributed by atoms with E-state index in [1.54, 1.807) is 30.6 Å². The minimum Gasteiger partial charge on any atom is -0.457 e. The number of amides is 2. The first-order valence-electron chi connectivity index (χ1n) is 8.83. The van der Waals surface area contributed by atoms with Crippen molar-refractivity contribution in [2.24, 2.45) is 0 Å². The average Bonchev–Trinajstić information content (AvgIpc) is 3.14. The number of benzene rings is 2. The lowest BCUT2D eigenvalue weighted by atomic mass is 10.3. The predicted octanol–water partition coefficient (Wildman–Crippen LogP) is 4.53. The molecule has 1 atom stereocenters. The maximum Gasteiger partial charge on any atom is 0.319 e. The Bertz CT molecular complexity index is 875. The molecular formula is C20H23N5O2. The molecule has 3 aromatic rings. The lowest BCUT2D eigenvalue weighted by Gasteiger charge is -2.17. The van der Waals surface area contributed by atoms with E-state index < -0.39 is 0 Å². The molecule has 0 spiro atoms. The molecule has 0 bridgehead atoms. The molecule has 0 saturated carbocycles. The molecule has 0 aliphatic heterocycles. The molecule has 0 aliphatic carbocycles. The van der Waals surface area contributed by atoms with Gasteiger partial charge in [-0.05, 0) is 57.2 Å². The molecule has 0 fully saturated rings. The molecule has 7 nitrogen and oxygen atoms in total. The normalized spacial score (nSPS) is 11.9. The summed E-state index contributed by atoms with van der Waals surface area (Å²) in [5.74, 6) is 2.18. The van der Waals surface area contributed by atoms with Crippen LogP contribution in [0.5, 0.6) is 11.5 Å². The first-order valence-corrected chi connectivity index (χ1v) is 8.83. The molecule has 1 aromatic heterocycles. The van der Waals surface area contributed by atoms with Gasteiger partial charge in [0.05, 0.1) is 6.04 Å². The van der Waals surface area contributed by atoms with Crippen LogP contribution in [0, 0.1) is 0 Å². The van der Waals surface area contributed by atoms with Crippen LogP contribution < -0.4 is 15.4 Å². The Morgan fingerprint density at radius 2 is 1.67 bits per heavy atom. The van der Waals surface area contributed by atoms with Gasteiger partial charge in [0.15, 0.2) is 5.82 Å². The van der Waals surface area contributed by atoms with Gasteiger partial charge < -0.3 is 19.9 Å². The fraction of sp³-hybridized carbons (Fsp3) is 0.250.